The summed E-state index contributed by atoms with van der Waals surface area (Å²) < 4.78 is 27.1. The average molecular weight is 344 g/mol. The van der Waals surface area contributed by atoms with Crippen LogP contribution in [0.2, 0.25) is 0 Å². The molecular weight excluding hydrogens is 322 g/mol. The van der Waals surface area contributed by atoms with Gasteiger partial charge in [0.05, 0.1) is 5.60 Å². The predicted molar refractivity (Wildman–Crippen MR) is 90.8 cm³/mol. The van der Waals surface area contributed by atoms with Gasteiger partial charge in [-0.05, 0) is 55.0 Å². The number of halogens is 2. The first-order valence-corrected chi connectivity index (χ1v) is 8.83. The monoisotopic (exact) mass is 344 g/mol. The second kappa shape index (κ2) is 6.46. The van der Waals surface area contributed by atoms with Gasteiger partial charge in [-0.3, -0.25) is 9.88 Å². The van der Waals surface area contributed by atoms with Crippen LogP contribution in [0, 0.1) is 11.6 Å². The van der Waals surface area contributed by atoms with Crippen LogP contribution in [0.5, 0.6) is 0 Å². The summed E-state index contributed by atoms with van der Waals surface area (Å²) in [5.74, 6) is -1.15. The molecule has 1 unspecified atom stereocenters. The lowest BCUT2D eigenvalue weighted by molar-refractivity contribution is -0.0544. The Labute approximate surface area is 146 Å². The molecule has 2 aliphatic rings. The molecule has 2 bridgehead atoms. The van der Waals surface area contributed by atoms with Crippen molar-refractivity contribution in [1.29, 1.82) is 0 Å². The van der Waals surface area contributed by atoms with Crippen molar-refractivity contribution in [1.82, 2.24) is 9.88 Å². The molecule has 1 N–H and O–H groups in total. The normalized spacial score (nSPS) is 29.1. The summed E-state index contributed by atoms with van der Waals surface area (Å²) in [6, 6.07) is 8.26. The molecule has 4 rings (SSSR count). The maximum Gasteiger partial charge on any atom is 0.129 e. The van der Waals surface area contributed by atoms with Crippen LogP contribution in [0.25, 0.3) is 0 Å². The summed E-state index contributed by atoms with van der Waals surface area (Å²) in [5, 5.41) is 11.1. The SMILES string of the molecule is OC1(Cc2ccc(F)cc2F)C[C@H]2CC[C@@H](C1)N2Cc1ccncc1. The zero-order chi connectivity index (χ0) is 17.4. The van der Waals surface area contributed by atoms with Gasteiger partial charge < -0.3 is 5.11 Å². The number of hydrogen-bond donors (Lipinski definition) is 1. The maximum atomic E-state index is 14.0. The second-order valence-corrected chi connectivity index (χ2v) is 7.46. The third kappa shape index (κ3) is 3.44. The molecule has 25 heavy (non-hydrogen) atoms. The zero-order valence-electron chi connectivity index (χ0n) is 14.0. The van der Waals surface area contributed by atoms with E-state index in [9.17, 15) is 13.9 Å². The lowest BCUT2D eigenvalue weighted by Gasteiger charge is -2.44. The minimum Gasteiger partial charge on any atom is -0.389 e. The van der Waals surface area contributed by atoms with E-state index >= 15 is 0 Å². The van der Waals surface area contributed by atoms with E-state index in [1.165, 1.54) is 17.7 Å². The molecule has 5 heteroatoms. The van der Waals surface area contributed by atoms with Crippen LogP contribution in [-0.2, 0) is 13.0 Å². The molecule has 3 nitrogen and oxygen atoms in total. The first-order chi connectivity index (χ1) is 12.0. The highest BCUT2D eigenvalue weighted by atomic mass is 19.1. The lowest BCUT2D eigenvalue weighted by Crippen LogP contribution is -2.51. The van der Waals surface area contributed by atoms with Crippen molar-refractivity contribution in [3.05, 3.63) is 65.5 Å². The van der Waals surface area contributed by atoms with E-state index in [4.69, 9.17) is 0 Å². The van der Waals surface area contributed by atoms with Gasteiger partial charge in [0, 0.05) is 43.5 Å². The fraction of sp³-hybridized carbons (Fsp3) is 0.450. The largest absolute Gasteiger partial charge is 0.389 e. The van der Waals surface area contributed by atoms with Crippen molar-refractivity contribution in [2.75, 3.05) is 0 Å². The van der Waals surface area contributed by atoms with Crippen molar-refractivity contribution >= 4 is 0 Å². The van der Waals surface area contributed by atoms with Crippen molar-refractivity contribution in [2.45, 2.75) is 56.3 Å². The number of fused-ring (bicyclic) bond motifs is 2. The van der Waals surface area contributed by atoms with Gasteiger partial charge in [-0.2, -0.15) is 0 Å². The third-order valence-corrected chi connectivity index (χ3v) is 5.65. The average Bonchev–Trinajstić information content (AvgIpc) is 2.83. The van der Waals surface area contributed by atoms with Gasteiger partial charge in [-0.15, -0.1) is 0 Å². The first kappa shape index (κ1) is 16.6. The van der Waals surface area contributed by atoms with Crippen LogP contribution in [0.1, 0.15) is 36.8 Å². The summed E-state index contributed by atoms with van der Waals surface area (Å²) in [5.41, 5.74) is 0.701. The number of aromatic nitrogens is 1. The molecule has 0 radical (unpaired) electrons. The highest BCUT2D eigenvalue weighted by Gasteiger charge is 2.47. The van der Waals surface area contributed by atoms with Gasteiger partial charge in [0.1, 0.15) is 11.6 Å². The highest BCUT2D eigenvalue weighted by molar-refractivity contribution is 5.22. The van der Waals surface area contributed by atoms with Crippen molar-refractivity contribution in [3.8, 4) is 0 Å². The summed E-state index contributed by atoms with van der Waals surface area (Å²) in [7, 11) is 0. The third-order valence-electron chi connectivity index (χ3n) is 5.65. The zero-order valence-corrected chi connectivity index (χ0v) is 14.0. The van der Waals surface area contributed by atoms with E-state index in [1.54, 1.807) is 12.4 Å². The minimum absolute atomic E-state index is 0.245. The number of rotatable bonds is 4. The van der Waals surface area contributed by atoms with Gasteiger partial charge in [0.15, 0.2) is 0 Å². The Balaban J connectivity index is 1.48. The quantitative estimate of drug-likeness (QED) is 0.923. The van der Waals surface area contributed by atoms with Crippen LogP contribution in [0.3, 0.4) is 0 Å². The summed E-state index contributed by atoms with van der Waals surface area (Å²) in [4.78, 5) is 6.52. The molecule has 132 valence electrons. The van der Waals surface area contributed by atoms with Gasteiger partial charge in [-0.1, -0.05) is 6.07 Å². The van der Waals surface area contributed by atoms with E-state index in [-0.39, 0.29) is 6.42 Å². The number of aliphatic hydroxyl groups is 1. The Bertz CT molecular complexity index is 739. The Morgan fingerprint density at radius 3 is 2.40 bits per heavy atom. The van der Waals surface area contributed by atoms with Crippen molar-refractivity contribution in [3.63, 3.8) is 0 Å². The lowest BCUT2D eigenvalue weighted by atomic mass is 9.81. The van der Waals surface area contributed by atoms with Crippen LogP contribution < -0.4 is 0 Å². The molecule has 1 aromatic heterocycles. The van der Waals surface area contributed by atoms with Crippen LogP contribution in [0.4, 0.5) is 8.78 Å². The van der Waals surface area contributed by atoms with E-state index in [0.717, 1.165) is 25.5 Å². The molecule has 2 aliphatic heterocycles. The Hall–Kier alpha value is -1.85. The molecule has 2 aromatic rings. The molecule has 0 aliphatic carbocycles. The van der Waals surface area contributed by atoms with E-state index in [2.05, 4.69) is 9.88 Å². The predicted octanol–water partition coefficient (Wildman–Crippen LogP) is 3.46. The molecule has 3 atom stereocenters. The standard InChI is InChI=1S/C20H22F2N2O/c21-16-2-1-15(19(22)9-16)10-20(25)11-17-3-4-18(12-20)24(17)13-14-5-7-23-8-6-14/h1-2,5-9,17-18,25H,3-4,10-13H2/t17-,18+,20?. The molecule has 2 fully saturated rings. The molecule has 0 saturated carbocycles. The summed E-state index contributed by atoms with van der Waals surface area (Å²) >= 11 is 0. The smallest absolute Gasteiger partial charge is 0.129 e. The summed E-state index contributed by atoms with van der Waals surface area (Å²) in [6.07, 6.45) is 7.23. The fourth-order valence-corrected chi connectivity index (χ4v) is 4.53. The first-order valence-electron chi connectivity index (χ1n) is 8.83. The maximum absolute atomic E-state index is 14.0. The molecule has 1 aromatic carbocycles. The molecule has 3 heterocycles. The summed E-state index contributed by atoms with van der Waals surface area (Å²) in [6.45, 7) is 0.860. The fourth-order valence-electron chi connectivity index (χ4n) is 4.53. The van der Waals surface area contributed by atoms with Crippen molar-refractivity contribution in [2.24, 2.45) is 0 Å². The Morgan fingerprint density at radius 2 is 1.76 bits per heavy atom. The van der Waals surface area contributed by atoms with E-state index < -0.39 is 17.2 Å². The topological polar surface area (TPSA) is 36.4 Å². The number of nitrogens with zero attached hydrogens (tertiary/aromatic N) is 2. The van der Waals surface area contributed by atoms with Gasteiger partial charge in [0.25, 0.3) is 0 Å². The van der Waals surface area contributed by atoms with Gasteiger partial charge in [-0.25, -0.2) is 8.78 Å². The second-order valence-electron chi connectivity index (χ2n) is 7.46. The van der Waals surface area contributed by atoms with Crippen molar-refractivity contribution < 1.29 is 13.9 Å². The van der Waals surface area contributed by atoms with E-state index in [0.29, 0.717) is 30.5 Å². The van der Waals surface area contributed by atoms with E-state index in [1.807, 2.05) is 12.1 Å². The number of benzene rings is 1. The number of hydrogen-bond acceptors (Lipinski definition) is 3. The van der Waals surface area contributed by atoms with Gasteiger partial charge >= 0.3 is 0 Å². The Kier molecular flexibility index (Phi) is 4.29. The van der Waals surface area contributed by atoms with Crippen LogP contribution in [-0.4, -0.2) is 32.7 Å². The number of piperidine rings is 1. The minimum atomic E-state index is -0.917. The molecule has 0 spiro atoms. The Morgan fingerprint density at radius 1 is 1.08 bits per heavy atom. The molecule has 0 amide bonds. The van der Waals surface area contributed by atoms with Gasteiger partial charge in [0.2, 0.25) is 0 Å². The molecule has 2 saturated heterocycles. The van der Waals surface area contributed by atoms with Crippen LogP contribution in [0.15, 0.2) is 42.7 Å². The number of pyridine rings is 1. The van der Waals surface area contributed by atoms with Crippen LogP contribution >= 0.6 is 0 Å². The molecular formula is C20H22F2N2O. The highest BCUT2D eigenvalue weighted by Crippen LogP contribution is 2.43.